The number of carbonyl (C=O) groups is 1. The van der Waals surface area contributed by atoms with Crippen molar-refractivity contribution in [2.45, 2.75) is 0 Å². The molecule has 2 aromatic carbocycles. The fourth-order valence-corrected chi connectivity index (χ4v) is 2.70. The second-order valence-electron chi connectivity index (χ2n) is 5.97. The normalized spacial score (nSPS) is 10.9. The van der Waals surface area contributed by atoms with Crippen molar-refractivity contribution in [3.8, 4) is 23.1 Å². The molecule has 1 amide bonds. The molecule has 0 aliphatic carbocycles. The highest BCUT2D eigenvalue weighted by Crippen LogP contribution is 2.30. The molecule has 0 saturated carbocycles. The van der Waals surface area contributed by atoms with Gasteiger partial charge in [-0.2, -0.15) is 5.26 Å². The minimum atomic E-state index is -0.810. The van der Waals surface area contributed by atoms with Crippen molar-refractivity contribution in [2.75, 3.05) is 12.4 Å². The van der Waals surface area contributed by atoms with E-state index < -0.39 is 10.8 Å². The Morgan fingerprint density at radius 1 is 1.23 bits per heavy atom. The molecule has 0 fully saturated rings. The summed E-state index contributed by atoms with van der Waals surface area (Å²) in [6.45, 7) is 0. The predicted octanol–water partition coefficient (Wildman–Crippen LogP) is 5.06. The number of nitro benzene ring substituents is 1. The molecular weight excluding hydrogens is 410 g/mol. The van der Waals surface area contributed by atoms with Gasteiger partial charge in [0, 0.05) is 16.7 Å². The van der Waals surface area contributed by atoms with Crippen LogP contribution >= 0.6 is 11.6 Å². The zero-order valence-electron chi connectivity index (χ0n) is 15.6. The molecule has 150 valence electrons. The van der Waals surface area contributed by atoms with E-state index in [-0.39, 0.29) is 28.5 Å². The van der Waals surface area contributed by atoms with E-state index in [4.69, 9.17) is 20.8 Å². The Balaban J connectivity index is 1.84. The highest BCUT2D eigenvalue weighted by Gasteiger charge is 2.19. The number of halogens is 1. The first kappa shape index (κ1) is 20.6. The van der Waals surface area contributed by atoms with Crippen molar-refractivity contribution in [1.82, 2.24) is 0 Å². The number of nitriles is 1. The van der Waals surface area contributed by atoms with Crippen molar-refractivity contribution >= 4 is 35.0 Å². The molecule has 0 saturated heterocycles. The Bertz CT molecular complexity index is 1180. The molecule has 3 rings (SSSR count). The van der Waals surface area contributed by atoms with Gasteiger partial charge >= 0.3 is 0 Å². The molecule has 0 atom stereocenters. The van der Waals surface area contributed by atoms with Crippen LogP contribution in [0.2, 0.25) is 5.02 Å². The number of anilines is 1. The van der Waals surface area contributed by atoms with Crippen LogP contribution in [-0.4, -0.2) is 17.9 Å². The first-order valence-electron chi connectivity index (χ1n) is 8.52. The number of amides is 1. The molecule has 1 N–H and O–H groups in total. The lowest BCUT2D eigenvalue weighted by Gasteiger charge is -2.07. The van der Waals surface area contributed by atoms with Crippen LogP contribution in [0.5, 0.6) is 5.75 Å². The van der Waals surface area contributed by atoms with Crippen molar-refractivity contribution < 1.29 is 18.9 Å². The molecule has 0 aliphatic rings. The van der Waals surface area contributed by atoms with E-state index in [0.29, 0.717) is 10.8 Å². The van der Waals surface area contributed by atoms with Crippen molar-refractivity contribution in [3.05, 3.63) is 81.1 Å². The Morgan fingerprint density at radius 2 is 1.97 bits per heavy atom. The third-order valence-electron chi connectivity index (χ3n) is 4.06. The van der Waals surface area contributed by atoms with Crippen LogP contribution in [0.25, 0.3) is 17.4 Å². The Morgan fingerprint density at radius 3 is 2.60 bits per heavy atom. The third kappa shape index (κ3) is 4.66. The van der Waals surface area contributed by atoms with Gasteiger partial charge in [-0.1, -0.05) is 11.6 Å². The van der Waals surface area contributed by atoms with Crippen LogP contribution in [0.1, 0.15) is 5.76 Å². The highest BCUT2D eigenvalue weighted by molar-refractivity contribution is 6.30. The Hall–Kier alpha value is -4.09. The number of benzene rings is 2. The summed E-state index contributed by atoms with van der Waals surface area (Å²) in [5.74, 6) is 0.258. The molecule has 30 heavy (non-hydrogen) atoms. The van der Waals surface area contributed by atoms with Crippen LogP contribution in [0.3, 0.4) is 0 Å². The standard InChI is InChI=1S/C21H14ClN3O5/c1-29-16-6-8-18(19(11-16)25(27)28)24-21(26)14(12-23)10-17-7-9-20(30-17)13-2-4-15(22)5-3-13/h2-11H,1H3,(H,24,26)/b14-10+. The lowest BCUT2D eigenvalue weighted by molar-refractivity contribution is -0.384. The van der Waals surface area contributed by atoms with E-state index in [1.807, 2.05) is 0 Å². The number of nitrogens with zero attached hydrogens (tertiary/aromatic N) is 2. The number of carbonyl (C=O) groups excluding carboxylic acids is 1. The molecule has 1 heterocycles. The third-order valence-corrected chi connectivity index (χ3v) is 4.31. The minimum absolute atomic E-state index is 0.0618. The van der Waals surface area contributed by atoms with Gasteiger partial charge in [-0.05, 0) is 48.5 Å². The van der Waals surface area contributed by atoms with Gasteiger partial charge in [0.15, 0.2) is 0 Å². The fourth-order valence-electron chi connectivity index (χ4n) is 2.58. The maximum atomic E-state index is 12.5. The van der Waals surface area contributed by atoms with Crippen LogP contribution < -0.4 is 10.1 Å². The van der Waals surface area contributed by atoms with E-state index in [2.05, 4.69) is 5.32 Å². The summed E-state index contributed by atoms with van der Waals surface area (Å²) in [5, 5.41) is 23.6. The number of nitro groups is 1. The highest BCUT2D eigenvalue weighted by atomic mass is 35.5. The average molecular weight is 424 g/mol. The number of rotatable bonds is 6. The number of hydrogen-bond donors (Lipinski definition) is 1. The van der Waals surface area contributed by atoms with Gasteiger partial charge in [-0.25, -0.2) is 0 Å². The molecular formula is C21H14ClN3O5. The summed E-state index contributed by atoms with van der Waals surface area (Å²) in [7, 11) is 1.37. The van der Waals surface area contributed by atoms with Crippen LogP contribution in [0.15, 0.2) is 64.6 Å². The van der Waals surface area contributed by atoms with E-state index in [1.54, 1.807) is 42.5 Å². The van der Waals surface area contributed by atoms with E-state index in [9.17, 15) is 20.2 Å². The zero-order chi connectivity index (χ0) is 21.7. The predicted molar refractivity (Wildman–Crippen MR) is 111 cm³/mol. The minimum Gasteiger partial charge on any atom is -0.496 e. The fraction of sp³-hybridized carbons (Fsp3) is 0.0476. The van der Waals surface area contributed by atoms with Gasteiger partial charge in [-0.15, -0.1) is 0 Å². The summed E-state index contributed by atoms with van der Waals surface area (Å²) in [5.41, 5.74) is 0.0734. The largest absolute Gasteiger partial charge is 0.496 e. The zero-order valence-corrected chi connectivity index (χ0v) is 16.3. The molecule has 0 spiro atoms. The van der Waals surface area contributed by atoms with Gasteiger partial charge in [0.05, 0.1) is 18.1 Å². The van der Waals surface area contributed by atoms with Gasteiger partial charge in [0.1, 0.15) is 34.6 Å². The Kier molecular flexibility index (Phi) is 6.15. The molecule has 0 bridgehead atoms. The topological polar surface area (TPSA) is 118 Å². The Labute approximate surface area is 176 Å². The molecule has 0 unspecified atom stereocenters. The lowest BCUT2D eigenvalue weighted by atomic mass is 10.2. The smallest absolute Gasteiger partial charge is 0.296 e. The first-order chi connectivity index (χ1) is 14.4. The molecule has 0 radical (unpaired) electrons. The van der Waals surface area contributed by atoms with E-state index in [0.717, 1.165) is 5.56 Å². The number of hydrogen-bond acceptors (Lipinski definition) is 6. The van der Waals surface area contributed by atoms with Gasteiger partial charge in [0.25, 0.3) is 11.6 Å². The first-order valence-corrected chi connectivity index (χ1v) is 8.90. The van der Waals surface area contributed by atoms with E-state index >= 15 is 0 Å². The van der Waals surface area contributed by atoms with Crippen molar-refractivity contribution in [2.24, 2.45) is 0 Å². The number of ether oxygens (including phenoxy) is 1. The maximum absolute atomic E-state index is 12.5. The summed E-state index contributed by atoms with van der Waals surface area (Å²) >= 11 is 5.87. The summed E-state index contributed by atoms with van der Waals surface area (Å²) in [6, 6.07) is 16.0. The van der Waals surface area contributed by atoms with Crippen molar-refractivity contribution in [1.29, 1.82) is 5.26 Å². The molecule has 9 heteroatoms. The van der Waals surface area contributed by atoms with Gasteiger partial charge in [0.2, 0.25) is 0 Å². The van der Waals surface area contributed by atoms with Crippen LogP contribution in [0.4, 0.5) is 11.4 Å². The summed E-state index contributed by atoms with van der Waals surface area (Å²) < 4.78 is 10.6. The van der Waals surface area contributed by atoms with Gasteiger partial charge < -0.3 is 14.5 Å². The summed E-state index contributed by atoms with van der Waals surface area (Å²) in [4.78, 5) is 23.1. The SMILES string of the molecule is COc1ccc(NC(=O)/C(C#N)=C/c2ccc(-c3ccc(Cl)cc3)o2)c([N+](=O)[O-])c1. The number of nitrogens with one attached hydrogen (secondary N) is 1. The molecule has 8 nitrogen and oxygen atoms in total. The van der Waals surface area contributed by atoms with E-state index in [1.165, 1.54) is 31.4 Å². The molecule has 0 aliphatic heterocycles. The van der Waals surface area contributed by atoms with Gasteiger partial charge in [-0.3, -0.25) is 14.9 Å². The summed E-state index contributed by atoms with van der Waals surface area (Å²) in [6.07, 6.45) is 1.25. The number of methoxy groups -OCH3 is 1. The maximum Gasteiger partial charge on any atom is 0.296 e. The van der Waals surface area contributed by atoms with Crippen molar-refractivity contribution in [3.63, 3.8) is 0 Å². The van der Waals surface area contributed by atoms with Crippen LogP contribution in [0, 0.1) is 21.4 Å². The second kappa shape index (κ2) is 8.94. The molecule has 1 aromatic heterocycles. The monoisotopic (exact) mass is 423 g/mol. The molecule has 3 aromatic rings. The second-order valence-corrected chi connectivity index (χ2v) is 6.41. The average Bonchev–Trinajstić information content (AvgIpc) is 3.21. The number of furan rings is 1. The van der Waals surface area contributed by atoms with Crippen LogP contribution in [-0.2, 0) is 4.79 Å². The lowest BCUT2D eigenvalue weighted by Crippen LogP contribution is -2.14. The quantitative estimate of drug-likeness (QED) is 0.256.